The summed E-state index contributed by atoms with van der Waals surface area (Å²) in [4.78, 5) is 21.4. The van der Waals surface area contributed by atoms with E-state index < -0.39 is 10.9 Å². The van der Waals surface area contributed by atoms with Crippen molar-refractivity contribution in [2.45, 2.75) is 45.4 Å². The zero-order valence-corrected chi connectivity index (χ0v) is 12.3. The standard InChI is InChI=1S/C15H22N2O4/c1-2-3-4-5-6-7-11-16-13-10-8-9-12(15(18)19)14(13)17(20)21/h8-10,16H,2-7,11H2,1H3,(H,18,19). The SMILES string of the molecule is CCCCCCCCNc1cccc(C(=O)O)c1[N+](=O)[O-]. The number of carboxylic acid groups (broad SMARTS) is 1. The maximum Gasteiger partial charge on any atom is 0.342 e. The van der Waals surface area contributed by atoms with Crippen molar-refractivity contribution in [3.05, 3.63) is 33.9 Å². The highest BCUT2D eigenvalue weighted by atomic mass is 16.6. The normalized spacial score (nSPS) is 10.3. The second-order valence-electron chi connectivity index (χ2n) is 4.96. The van der Waals surface area contributed by atoms with Gasteiger partial charge in [0.25, 0.3) is 0 Å². The van der Waals surface area contributed by atoms with Gasteiger partial charge in [0.15, 0.2) is 0 Å². The van der Waals surface area contributed by atoms with E-state index in [1.54, 1.807) is 6.07 Å². The molecule has 0 unspecified atom stereocenters. The van der Waals surface area contributed by atoms with Crippen LogP contribution in [0.25, 0.3) is 0 Å². The minimum absolute atomic E-state index is 0.272. The van der Waals surface area contributed by atoms with E-state index in [1.807, 2.05) is 0 Å². The van der Waals surface area contributed by atoms with Crippen LogP contribution >= 0.6 is 0 Å². The van der Waals surface area contributed by atoms with Gasteiger partial charge in [0.05, 0.1) is 4.92 Å². The third-order valence-corrected chi connectivity index (χ3v) is 3.29. The number of para-hydroxylation sites is 1. The number of aromatic carboxylic acids is 1. The Morgan fingerprint density at radius 1 is 1.24 bits per heavy atom. The van der Waals surface area contributed by atoms with Crippen LogP contribution in [0.1, 0.15) is 55.8 Å². The number of hydrogen-bond acceptors (Lipinski definition) is 4. The van der Waals surface area contributed by atoms with Crippen LogP contribution in [0.2, 0.25) is 0 Å². The lowest BCUT2D eigenvalue weighted by molar-refractivity contribution is -0.384. The smallest absolute Gasteiger partial charge is 0.342 e. The van der Waals surface area contributed by atoms with Crippen molar-refractivity contribution in [2.24, 2.45) is 0 Å². The number of nitrogens with one attached hydrogen (secondary N) is 1. The van der Waals surface area contributed by atoms with E-state index in [0.717, 1.165) is 19.3 Å². The molecule has 2 N–H and O–H groups in total. The zero-order chi connectivity index (χ0) is 15.7. The second kappa shape index (κ2) is 8.94. The van der Waals surface area contributed by atoms with Crippen LogP contribution in [0, 0.1) is 10.1 Å². The minimum atomic E-state index is -1.29. The molecule has 0 spiro atoms. The lowest BCUT2D eigenvalue weighted by atomic mass is 10.1. The van der Waals surface area contributed by atoms with Crippen LogP contribution in [-0.4, -0.2) is 22.5 Å². The molecule has 0 radical (unpaired) electrons. The van der Waals surface area contributed by atoms with Gasteiger partial charge < -0.3 is 10.4 Å². The quantitative estimate of drug-likeness (QED) is 0.385. The van der Waals surface area contributed by atoms with Gasteiger partial charge in [-0.25, -0.2) is 4.79 Å². The molecule has 0 amide bonds. The number of rotatable bonds is 10. The highest BCUT2D eigenvalue weighted by Gasteiger charge is 2.23. The molecule has 0 bridgehead atoms. The van der Waals surface area contributed by atoms with E-state index in [4.69, 9.17) is 5.11 Å². The van der Waals surface area contributed by atoms with Crippen molar-refractivity contribution in [2.75, 3.05) is 11.9 Å². The Morgan fingerprint density at radius 2 is 1.90 bits per heavy atom. The van der Waals surface area contributed by atoms with Crippen LogP contribution in [0.15, 0.2) is 18.2 Å². The average molecular weight is 294 g/mol. The van der Waals surface area contributed by atoms with Gasteiger partial charge >= 0.3 is 11.7 Å². The Balaban J connectivity index is 2.57. The first-order chi connectivity index (χ1) is 10.1. The first kappa shape index (κ1) is 16.9. The zero-order valence-electron chi connectivity index (χ0n) is 12.3. The fourth-order valence-corrected chi connectivity index (χ4v) is 2.18. The third-order valence-electron chi connectivity index (χ3n) is 3.29. The van der Waals surface area contributed by atoms with Crippen LogP contribution in [0.4, 0.5) is 11.4 Å². The molecule has 0 saturated carbocycles. The number of carboxylic acids is 1. The first-order valence-electron chi connectivity index (χ1n) is 7.32. The Labute approximate surface area is 124 Å². The Hall–Kier alpha value is -2.11. The van der Waals surface area contributed by atoms with E-state index in [2.05, 4.69) is 12.2 Å². The minimum Gasteiger partial charge on any atom is -0.477 e. The molecule has 6 nitrogen and oxygen atoms in total. The number of hydrogen-bond donors (Lipinski definition) is 2. The molecule has 1 aromatic rings. The van der Waals surface area contributed by atoms with E-state index in [9.17, 15) is 14.9 Å². The van der Waals surface area contributed by atoms with Crippen molar-refractivity contribution < 1.29 is 14.8 Å². The molecule has 1 rings (SSSR count). The molecule has 6 heteroatoms. The summed E-state index contributed by atoms with van der Waals surface area (Å²) in [5, 5.41) is 23.0. The van der Waals surface area contributed by atoms with Gasteiger partial charge in [0.2, 0.25) is 0 Å². The van der Waals surface area contributed by atoms with Gasteiger partial charge in [-0.15, -0.1) is 0 Å². The number of nitro groups is 1. The lowest BCUT2D eigenvalue weighted by Crippen LogP contribution is -2.08. The molecule has 0 saturated heterocycles. The maximum atomic E-state index is 11.1. The molecule has 1 aromatic carbocycles. The second-order valence-corrected chi connectivity index (χ2v) is 4.96. The lowest BCUT2D eigenvalue weighted by Gasteiger charge is -2.08. The highest BCUT2D eigenvalue weighted by molar-refractivity contribution is 5.95. The monoisotopic (exact) mass is 294 g/mol. The molecule has 0 atom stereocenters. The largest absolute Gasteiger partial charge is 0.477 e. The van der Waals surface area contributed by atoms with Gasteiger partial charge in [0.1, 0.15) is 11.3 Å². The number of anilines is 1. The topological polar surface area (TPSA) is 92.5 Å². The first-order valence-corrected chi connectivity index (χ1v) is 7.32. The predicted octanol–water partition coefficient (Wildman–Crippen LogP) is 4.07. The highest BCUT2D eigenvalue weighted by Crippen LogP contribution is 2.28. The number of unbranched alkanes of at least 4 members (excludes halogenated alkanes) is 5. The van der Waals surface area contributed by atoms with Crippen molar-refractivity contribution >= 4 is 17.3 Å². The molecule has 0 fully saturated rings. The molecule has 116 valence electrons. The summed E-state index contributed by atoms with van der Waals surface area (Å²) in [6, 6.07) is 4.30. The van der Waals surface area contributed by atoms with E-state index in [1.165, 1.54) is 31.4 Å². The van der Waals surface area contributed by atoms with E-state index >= 15 is 0 Å². The number of benzene rings is 1. The van der Waals surface area contributed by atoms with Crippen molar-refractivity contribution in [1.82, 2.24) is 0 Å². The number of nitro benzene ring substituents is 1. The van der Waals surface area contributed by atoms with Crippen molar-refractivity contribution in [3.8, 4) is 0 Å². The van der Waals surface area contributed by atoms with Gasteiger partial charge in [-0.3, -0.25) is 10.1 Å². The Kier molecular flexibility index (Phi) is 7.21. The summed E-state index contributed by atoms with van der Waals surface area (Å²) in [7, 11) is 0. The Morgan fingerprint density at radius 3 is 2.52 bits per heavy atom. The molecule has 0 aliphatic heterocycles. The van der Waals surface area contributed by atoms with Crippen LogP contribution < -0.4 is 5.32 Å². The number of nitrogens with zero attached hydrogens (tertiary/aromatic N) is 1. The third kappa shape index (κ3) is 5.41. The average Bonchev–Trinajstić information content (AvgIpc) is 2.45. The van der Waals surface area contributed by atoms with Gasteiger partial charge in [0, 0.05) is 6.54 Å². The molecule has 21 heavy (non-hydrogen) atoms. The summed E-state index contributed by atoms with van der Waals surface area (Å²) in [6.07, 6.45) is 6.79. The van der Waals surface area contributed by atoms with Crippen LogP contribution in [-0.2, 0) is 0 Å². The summed E-state index contributed by atoms with van der Waals surface area (Å²) < 4.78 is 0. The van der Waals surface area contributed by atoms with Crippen LogP contribution in [0.5, 0.6) is 0 Å². The summed E-state index contributed by atoms with van der Waals surface area (Å²) in [6.45, 7) is 2.77. The molecule has 0 aliphatic carbocycles. The predicted molar refractivity (Wildman–Crippen MR) is 81.9 cm³/mol. The molecule has 0 aromatic heterocycles. The maximum absolute atomic E-state index is 11.1. The van der Waals surface area contributed by atoms with Gasteiger partial charge in [-0.2, -0.15) is 0 Å². The fourth-order valence-electron chi connectivity index (χ4n) is 2.18. The van der Waals surface area contributed by atoms with Crippen molar-refractivity contribution in [3.63, 3.8) is 0 Å². The van der Waals surface area contributed by atoms with Gasteiger partial charge in [-0.05, 0) is 18.6 Å². The summed E-state index contributed by atoms with van der Waals surface area (Å²) >= 11 is 0. The van der Waals surface area contributed by atoms with E-state index in [0.29, 0.717) is 6.54 Å². The molecule has 0 heterocycles. The molecular formula is C15H22N2O4. The van der Waals surface area contributed by atoms with Crippen LogP contribution in [0.3, 0.4) is 0 Å². The summed E-state index contributed by atoms with van der Waals surface area (Å²) in [5.74, 6) is -1.29. The summed E-state index contributed by atoms with van der Waals surface area (Å²) in [5.41, 5.74) is -0.377. The van der Waals surface area contributed by atoms with Gasteiger partial charge in [-0.1, -0.05) is 45.1 Å². The van der Waals surface area contributed by atoms with E-state index in [-0.39, 0.29) is 16.9 Å². The fraction of sp³-hybridized carbons (Fsp3) is 0.533. The molecule has 0 aliphatic rings. The van der Waals surface area contributed by atoms with Crippen molar-refractivity contribution in [1.29, 1.82) is 0 Å². The molecular weight excluding hydrogens is 272 g/mol. The number of carbonyl (C=O) groups is 1. The Bertz CT molecular complexity index is 489.